The fourth-order valence-corrected chi connectivity index (χ4v) is 3.48. The first-order valence-electron chi connectivity index (χ1n) is 9.30. The number of nitriles is 1. The number of hydrogen-bond donors (Lipinski definition) is 3. The molecule has 3 aromatic heterocycles. The summed E-state index contributed by atoms with van der Waals surface area (Å²) in [7, 11) is 0. The van der Waals surface area contributed by atoms with Gasteiger partial charge in [-0.3, -0.25) is 10.1 Å². The summed E-state index contributed by atoms with van der Waals surface area (Å²) in [6.45, 7) is 1.33. The van der Waals surface area contributed by atoms with Crippen LogP contribution >= 0.6 is 0 Å². The molecular weight excluding hydrogens is 388 g/mol. The molecule has 3 aromatic rings. The number of nitrogens with zero attached hydrogens (tertiary/aromatic N) is 6. The highest BCUT2D eigenvalue weighted by atomic mass is 16.4. The smallest absolute Gasteiger partial charge is 0.410 e. The standard InChI is InChI=1S/C19H18N8O3/c20-9-12-4-5-14(22-10-12)26-7-1-3-13(11-26)23-18(28)15-16(24-19(29)30)25-27-8-2-6-21-17(15)27/h2,4-6,8,10,13H,1,3,7,11H2,(H,23,28)(H,24,25)(H,29,30). The molecular formula is C19H18N8O3. The largest absolute Gasteiger partial charge is 0.465 e. The Bertz CT molecular complexity index is 1130. The topological polar surface area (TPSA) is 149 Å². The Morgan fingerprint density at radius 3 is 2.90 bits per heavy atom. The molecule has 11 heteroatoms. The molecule has 152 valence electrons. The number of pyridine rings is 1. The van der Waals surface area contributed by atoms with Gasteiger partial charge in [0.1, 0.15) is 17.5 Å². The Morgan fingerprint density at radius 2 is 2.17 bits per heavy atom. The van der Waals surface area contributed by atoms with E-state index in [1.54, 1.807) is 24.4 Å². The average molecular weight is 406 g/mol. The van der Waals surface area contributed by atoms with Crippen LogP contribution in [0.25, 0.3) is 5.65 Å². The summed E-state index contributed by atoms with van der Waals surface area (Å²) in [6.07, 6.45) is 4.92. The van der Waals surface area contributed by atoms with Crippen LogP contribution in [-0.4, -0.2) is 55.8 Å². The van der Waals surface area contributed by atoms with Crippen molar-refractivity contribution >= 4 is 29.3 Å². The number of carbonyl (C=O) groups excluding carboxylic acids is 1. The third-order valence-corrected chi connectivity index (χ3v) is 4.81. The van der Waals surface area contributed by atoms with Crippen LogP contribution in [0.1, 0.15) is 28.8 Å². The van der Waals surface area contributed by atoms with Crippen LogP contribution in [0.3, 0.4) is 0 Å². The highest BCUT2D eigenvalue weighted by Gasteiger charge is 2.27. The van der Waals surface area contributed by atoms with Crippen molar-refractivity contribution in [2.45, 2.75) is 18.9 Å². The summed E-state index contributed by atoms with van der Waals surface area (Å²) in [6, 6.07) is 7.00. The first-order valence-corrected chi connectivity index (χ1v) is 9.30. The fourth-order valence-electron chi connectivity index (χ4n) is 3.48. The molecule has 1 aliphatic rings. The SMILES string of the molecule is N#Cc1ccc(N2CCCC(NC(=O)c3c(NC(=O)O)nn4cccnc34)C2)nc1. The summed E-state index contributed by atoms with van der Waals surface area (Å²) in [5, 5.41) is 27.2. The van der Waals surface area contributed by atoms with Crippen molar-refractivity contribution in [1.29, 1.82) is 5.26 Å². The third kappa shape index (κ3) is 3.83. The number of amides is 2. The van der Waals surface area contributed by atoms with Crippen molar-refractivity contribution in [3.63, 3.8) is 0 Å². The number of carbonyl (C=O) groups is 2. The zero-order valence-electron chi connectivity index (χ0n) is 15.8. The van der Waals surface area contributed by atoms with Gasteiger partial charge in [-0.05, 0) is 31.0 Å². The van der Waals surface area contributed by atoms with Gasteiger partial charge >= 0.3 is 6.09 Å². The Hall–Kier alpha value is -4.20. The normalized spacial score (nSPS) is 16.1. The highest BCUT2D eigenvalue weighted by Crippen LogP contribution is 2.21. The predicted octanol–water partition coefficient (Wildman–Crippen LogP) is 1.48. The van der Waals surface area contributed by atoms with Gasteiger partial charge in [-0.25, -0.2) is 19.3 Å². The molecule has 1 aliphatic heterocycles. The minimum Gasteiger partial charge on any atom is -0.465 e. The number of anilines is 2. The Balaban J connectivity index is 1.53. The van der Waals surface area contributed by atoms with Gasteiger partial charge in [0.15, 0.2) is 11.5 Å². The lowest BCUT2D eigenvalue weighted by Crippen LogP contribution is -2.48. The lowest BCUT2D eigenvalue weighted by molar-refractivity contribution is 0.0935. The van der Waals surface area contributed by atoms with Gasteiger partial charge in [-0.15, -0.1) is 5.10 Å². The van der Waals surface area contributed by atoms with Crippen LogP contribution in [0.4, 0.5) is 16.4 Å². The number of aromatic nitrogens is 4. The number of nitrogens with one attached hydrogen (secondary N) is 2. The predicted molar refractivity (Wildman–Crippen MR) is 106 cm³/mol. The second kappa shape index (κ2) is 8.04. The molecule has 11 nitrogen and oxygen atoms in total. The molecule has 0 aliphatic carbocycles. The summed E-state index contributed by atoms with van der Waals surface area (Å²) < 4.78 is 1.36. The maximum atomic E-state index is 13.0. The van der Waals surface area contributed by atoms with Crippen molar-refractivity contribution < 1.29 is 14.7 Å². The molecule has 0 spiro atoms. The summed E-state index contributed by atoms with van der Waals surface area (Å²) in [4.78, 5) is 34.6. The maximum absolute atomic E-state index is 13.0. The molecule has 30 heavy (non-hydrogen) atoms. The Labute approximate surface area is 171 Å². The zero-order valence-corrected chi connectivity index (χ0v) is 15.8. The van der Waals surface area contributed by atoms with Gasteiger partial charge in [-0.2, -0.15) is 5.26 Å². The summed E-state index contributed by atoms with van der Waals surface area (Å²) >= 11 is 0. The molecule has 4 heterocycles. The van der Waals surface area contributed by atoms with Crippen molar-refractivity contribution in [1.82, 2.24) is 24.9 Å². The van der Waals surface area contributed by atoms with Crippen LogP contribution in [0, 0.1) is 11.3 Å². The molecule has 0 bridgehead atoms. The van der Waals surface area contributed by atoms with E-state index >= 15 is 0 Å². The fraction of sp³-hybridized carbons (Fsp3) is 0.263. The first-order chi connectivity index (χ1) is 14.5. The van der Waals surface area contributed by atoms with E-state index in [1.807, 2.05) is 11.0 Å². The van der Waals surface area contributed by atoms with E-state index in [9.17, 15) is 9.59 Å². The second-order valence-corrected chi connectivity index (χ2v) is 6.82. The lowest BCUT2D eigenvalue weighted by atomic mass is 10.0. The average Bonchev–Trinajstić information content (AvgIpc) is 3.11. The highest BCUT2D eigenvalue weighted by molar-refractivity contribution is 6.06. The molecule has 0 saturated carbocycles. The van der Waals surface area contributed by atoms with E-state index < -0.39 is 12.0 Å². The van der Waals surface area contributed by atoms with Gasteiger partial charge in [-0.1, -0.05) is 0 Å². The van der Waals surface area contributed by atoms with Crippen LogP contribution in [0.2, 0.25) is 0 Å². The van der Waals surface area contributed by atoms with E-state index in [2.05, 4.69) is 25.7 Å². The number of rotatable bonds is 4. The molecule has 1 fully saturated rings. The van der Waals surface area contributed by atoms with Crippen molar-refractivity contribution in [3.05, 3.63) is 47.9 Å². The van der Waals surface area contributed by atoms with Gasteiger partial charge in [0.05, 0.1) is 5.56 Å². The molecule has 2 amide bonds. The minimum absolute atomic E-state index is 0.0693. The molecule has 3 N–H and O–H groups in total. The summed E-state index contributed by atoms with van der Waals surface area (Å²) in [5.41, 5.74) is 0.825. The van der Waals surface area contributed by atoms with Gasteiger partial charge in [0.2, 0.25) is 0 Å². The van der Waals surface area contributed by atoms with Gasteiger partial charge < -0.3 is 15.3 Å². The van der Waals surface area contributed by atoms with E-state index in [4.69, 9.17) is 10.4 Å². The van der Waals surface area contributed by atoms with Crippen LogP contribution < -0.4 is 15.5 Å². The van der Waals surface area contributed by atoms with Crippen LogP contribution in [0.15, 0.2) is 36.8 Å². The van der Waals surface area contributed by atoms with E-state index in [0.717, 1.165) is 25.2 Å². The molecule has 4 rings (SSSR count). The zero-order chi connectivity index (χ0) is 21.1. The second-order valence-electron chi connectivity index (χ2n) is 6.82. The lowest BCUT2D eigenvalue weighted by Gasteiger charge is -2.34. The van der Waals surface area contributed by atoms with Crippen LogP contribution in [-0.2, 0) is 0 Å². The maximum Gasteiger partial charge on any atom is 0.410 e. The van der Waals surface area contributed by atoms with Gasteiger partial charge in [0.25, 0.3) is 5.91 Å². The molecule has 1 atom stereocenters. The van der Waals surface area contributed by atoms with Crippen molar-refractivity contribution in [2.24, 2.45) is 0 Å². The van der Waals surface area contributed by atoms with E-state index in [-0.39, 0.29) is 23.1 Å². The summed E-state index contributed by atoms with van der Waals surface area (Å²) in [5.74, 6) is 0.214. The molecule has 1 saturated heterocycles. The number of piperidine rings is 1. The van der Waals surface area contributed by atoms with Crippen molar-refractivity contribution in [2.75, 3.05) is 23.3 Å². The number of hydrogen-bond acceptors (Lipinski definition) is 7. The van der Waals surface area contributed by atoms with Gasteiger partial charge in [0, 0.05) is 37.7 Å². The Morgan fingerprint density at radius 1 is 1.30 bits per heavy atom. The molecule has 0 radical (unpaired) electrons. The first kappa shape index (κ1) is 19.1. The monoisotopic (exact) mass is 406 g/mol. The van der Waals surface area contributed by atoms with Crippen LogP contribution in [0.5, 0.6) is 0 Å². The Kier molecular flexibility index (Phi) is 5.13. The number of carboxylic acid groups (broad SMARTS) is 1. The van der Waals surface area contributed by atoms with Crippen molar-refractivity contribution in [3.8, 4) is 6.07 Å². The third-order valence-electron chi connectivity index (χ3n) is 4.81. The van der Waals surface area contributed by atoms with E-state index in [1.165, 1.54) is 16.9 Å². The molecule has 0 aromatic carbocycles. The minimum atomic E-state index is -1.32. The number of fused-ring (bicyclic) bond motifs is 1. The molecule has 1 unspecified atom stereocenters. The van der Waals surface area contributed by atoms with E-state index in [0.29, 0.717) is 12.1 Å². The quantitative estimate of drug-likeness (QED) is 0.590.